The molecule has 0 heterocycles. The maximum Gasteiger partial charge on any atom is 0.341 e. The molecular weight excluding hydrogens is 365 g/mol. The van der Waals surface area contributed by atoms with Crippen molar-refractivity contribution in [2.45, 2.75) is 20.0 Å². The fourth-order valence-electron chi connectivity index (χ4n) is 2.00. The predicted molar refractivity (Wildman–Crippen MR) is 96.4 cm³/mol. The number of halogens is 2. The minimum atomic E-state index is -1.06. The van der Waals surface area contributed by atoms with Crippen molar-refractivity contribution in [3.05, 3.63) is 63.6 Å². The number of rotatable bonds is 5. The van der Waals surface area contributed by atoms with Crippen molar-refractivity contribution in [1.29, 1.82) is 0 Å². The first-order valence-corrected chi connectivity index (χ1v) is 8.12. The molecule has 0 saturated carbocycles. The van der Waals surface area contributed by atoms with E-state index in [0.717, 1.165) is 0 Å². The summed E-state index contributed by atoms with van der Waals surface area (Å²) in [7, 11) is 0. The van der Waals surface area contributed by atoms with Crippen LogP contribution in [0.5, 0.6) is 0 Å². The van der Waals surface area contributed by atoms with Crippen LogP contribution in [0.1, 0.15) is 34.6 Å². The molecule has 0 radical (unpaired) electrons. The van der Waals surface area contributed by atoms with Gasteiger partial charge in [0.25, 0.3) is 5.91 Å². The predicted octanol–water partition coefficient (Wildman–Crippen LogP) is 4.38. The van der Waals surface area contributed by atoms with Gasteiger partial charge in [0.2, 0.25) is 0 Å². The summed E-state index contributed by atoms with van der Waals surface area (Å²) < 4.78 is 5.12. The Kier molecular flexibility index (Phi) is 6.17. The van der Waals surface area contributed by atoms with E-state index in [1.165, 1.54) is 26.0 Å². The van der Waals surface area contributed by atoms with E-state index in [9.17, 15) is 14.4 Å². The zero-order valence-corrected chi connectivity index (χ0v) is 15.0. The van der Waals surface area contributed by atoms with E-state index in [-0.39, 0.29) is 21.4 Å². The van der Waals surface area contributed by atoms with Crippen LogP contribution in [-0.4, -0.2) is 23.8 Å². The molecule has 0 fully saturated rings. The van der Waals surface area contributed by atoms with Gasteiger partial charge in [-0.1, -0.05) is 29.3 Å². The van der Waals surface area contributed by atoms with Crippen LogP contribution in [0.3, 0.4) is 0 Å². The number of carbonyl (C=O) groups is 3. The van der Waals surface area contributed by atoms with Gasteiger partial charge in [0.05, 0.1) is 15.6 Å². The van der Waals surface area contributed by atoms with Crippen molar-refractivity contribution in [2.24, 2.45) is 0 Å². The lowest BCUT2D eigenvalue weighted by molar-refractivity contribution is -0.123. The summed E-state index contributed by atoms with van der Waals surface area (Å²) in [5.41, 5.74) is 1.02. The quantitative estimate of drug-likeness (QED) is 0.617. The molecule has 2 aromatic rings. The normalized spacial score (nSPS) is 11.5. The van der Waals surface area contributed by atoms with Gasteiger partial charge < -0.3 is 10.1 Å². The van der Waals surface area contributed by atoms with Crippen molar-refractivity contribution >= 4 is 46.5 Å². The van der Waals surface area contributed by atoms with Crippen molar-refractivity contribution < 1.29 is 19.1 Å². The van der Waals surface area contributed by atoms with E-state index in [4.69, 9.17) is 27.9 Å². The molecule has 0 unspecified atom stereocenters. The number of Topliss-reactive ketones (excluding diaryl/α,β-unsaturated/α-hetero) is 1. The van der Waals surface area contributed by atoms with E-state index in [0.29, 0.717) is 11.3 Å². The summed E-state index contributed by atoms with van der Waals surface area (Å²) in [5, 5.41) is 2.89. The highest BCUT2D eigenvalue weighted by atomic mass is 35.5. The largest absolute Gasteiger partial charge is 0.449 e. The fraction of sp³-hybridized carbons (Fsp3) is 0.167. The Bertz CT molecular complexity index is 798. The number of hydrogen-bond donors (Lipinski definition) is 1. The summed E-state index contributed by atoms with van der Waals surface area (Å²) in [4.78, 5) is 35.5. The Morgan fingerprint density at radius 2 is 1.56 bits per heavy atom. The Labute approximate surface area is 154 Å². The van der Waals surface area contributed by atoms with Crippen LogP contribution in [0.15, 0.2) is 42.5 Å². The highest BCUT2D eigenvalue weighted by molar-refractivity contribution is 6.39. The average Bonchev–Trinajstić information content (AvgIpc) is 2.55. The van der Waals surface area contributed by atoms with Gasteiger partial charge in [-0.15, -0.1) is 0 Å². The van der Waals surface area contributed by atoms with Crippen LogP contribution in [0.4, 0.5) is 5.69 Å². The first-order valence-electron chi connectivity index (χ1n) is 7.36. The van der Waals surface area contributed by atoms with Crippen LogP contribution >= 0.6 is 23.2 Å². The number of carbonyl (C=O) groups excluding carboxylic acids is 3. The Hall–Kier alpha value is -2.37. The van der Waals surface area contributed by atoms with Gasteiger partial charge >= 0.3 is 5.97 Å². The van der Waals surface area contributed by atoms with E-state index >= 15 is 0 Å². The monoisotopic (exact) mass is 379 g/mol. The summed E-state index contributed by atoms with van der Waals surface area (Å²) in [6, 6.07) is 11.0. The molecule has 2 rings (SSSR count). The Morgan fingerprint density at radius 1 is 1.00 bits per heavy atom. The lowest BCUT2D eigenvalue weighted by Crippen LogP contribution is -2.30. The van der Waals surface area contributed by atoms with E-state index in [2.05, 4.69) is 5.32 Å². The highest BCUT2D eigenvalue weighted by Crippen LogP contribution is 2.25. The molecule has 25 heavy (non-hydrogen) atoms. The summed E-state index contributed by atoms with van der Waals surface area (Å²) in [5.74, 6) is -1.38. The van der Waals surface area contributed by atoms with Gasteiger partial charge in [0, 0.05) is 11.3 Å². The number of benzene rings is 2. The van der Waals surface area contributed by atoms with Crippen LogP contribution in [0.25, 0.3) is 0 Å². The van der Waals surface area contributed by atoms with Gasteiger partial charge in [0.15, 0.2) is 11.9 Å². The van der Waals surface area contributed by atoms with Crippen molar-refractivity contribution in [2.75, 3.05) is 5.32 Å². The molecule has 0 bridgehead atoms. The van der Waals surface area contributed by atoms with Gasteiger partial charge in [-0.05, 0) is 50.2 Å². The molecule has 1 N–H and O–H groups in total. The maximum absolute atomic E-state index is 12.2. The molecule has 2 aromatic carbocycles. The number of ketones is 1. The molecule has 0 saturated heterocycles. The van der Waals surface area contributed by atoms with Crippen LogP contribution < -0.4 is 5.32 Å². The van der Waals surface area contributed by atoms with Gasteiger partial charge in [-0.2, -0.15) is 0 Å². The van der Waals surface area contributed by atoms with Crippen LogP contribution in [0.2, 0.25) is 10.0 Å². The molecule has 7 heteroatoms. The Morgan fingerprint density at radius 3 is 2.08 bits per heavy atom. The highest BCUT2D eigenvalue weighted by Gasteiger charge is 2.22. The van der Waals surface area contributed by atoms with E-state index < -0.39 is 18.0 Å². The van der Waals surface area contributed by atoms with E-state index in [1.807, 2.05) is 0 Å². The second kappa shape index (κ2) is 8.14. The molecule has 0 spiro atoms. The number of hydrogen-bond acceptors (Lipinski definition) is 4. The molecule has 0 aliphatic rings. The van der Waals surface area contributed by atoms with Crippen LogP contribution in [0, 0.1) is 0 Å². The standard InChI is InChI=1S/C18H15Cl2NO4/c1-10(22)12-6-8-13(9-7-12)21-17(23)11(2)25-18(24)16-14(19)4-3-5-15(16)20/h3-9,11H,1-2H3,(H,21,23)/t11-/m1/s1. The number of esters is 1. The first kappa shape index (κ1) is 19.0. The number of nitrogens with one attached hydrogen (secondary N) is 1. The topological polar surface area (TPSA) is 72.5 Å². The molecule has 1 atom stereocenters. The molecule has 130 valence electrons. The van der Waals surface area contributed by atoms with Gasteiger partial charge in [0.1, 0.15) is 0 Å². The SMILES string of the molecule is CC(=O)c1ccc(NC(=O)[C@@H](C)OC(=O)c2c(Cl)cccc2Cl)cc1. The minimum absolute atomic E-state index is 0.0105. The lowest BCUT2D eigenvalue weighted by Gasteiger charge is -2.14. The molecule has 0 aliphatic heterocycles. The maximum atomic E-state index is 12.2. The summed E-state index contributed by atoms with van der Waals surface area (Å²) in [6.07, 6.45) is -1.06. The van der Waals surface area contributed by atoms with Crippen molar-refractivity contribution in [1.82, 2.24) is 0 Å². The zero-order valence-electron chi connectivity index (χ0n) is 13.5. The molecule has 5 nitrogen and oxygen atoms in total. The van der Waals surface area contributed by atoms with Crippen molar-refractivity contribution in [3.8, 4) is 0 Å². The third-order valence-electron chi connectivity index (χ3n) is 3.38. The molecule has 1 amide bonds. The van der Waals surface area contributed by atoms with Crippen LogP contribution in [-0.2, 0) is 9.53 Å². The third kappa shape index (κ3) is 4.81. The van der Waals surface area contributed by atoms with Gasteiger partial charge in [-0.3, -0.25) is 9.59 Å². The minimum Gasteiger partial charge on any atom is -0.449 e. The van der Waals surface area contributed by atoms with E-state index in [1.54, 1.807) is 30.3 Å². The first-order chi connectivity index (χ1) is 11.8. The number of amides is 1. The van der Waals surface area contributed by atoms with Gasteiger partial charge in [-0.25, -0.2) is 4.79 Å². The zero-order chi connectivity index (χ0) is 18.6. The average molecular weight is 380 g/mol. The second-order valence-electron chi connectivity index (χ2n) is 5.27. The second-order valence-corrected chi connectivity index (χ2v) is 6.08. The third-order valence-corrected chi connectivity index (χ3v) is 4.01. The smallest absolute Gasteiger partial charge is 0.341 e. The number of anilines is 1. The summed E-state index contributed by atoms with van der Waals surface area (Å²) in [6.45, 7) is 2.89. The number of ether oxygens (including phenoxy) is 1. The Balaban J connectivity index is 2.02. The molecule has 0 aromatic heterocycles. The fourth-order valence-corrected chi connectivity index (χ4v) is 2.55. The lowest BCUT2D eigenvalue weighted by atomic mass is 10.1. The van der Waals surface area contributed by atoms with Crippen molar-refractivity contribution in [3.63, 3.8) is 0 Å². The summed E-state index contributed by atoms with van der Waals surface area (Å²) >= 11 is 11.9. The molecular formula is C18H15Cl2NO4. The molecule has 0 aliphatic carbocycles.